The lowest BCUT2D eigenvalue weighted by molar-refractivity contribution is 0.0995. The summed E-state index contributed by atoms with van der Waals surface area (Å²) in [5.41, 5.74) is 3.67. The molecule has 0 bridgehead atoms. The molecule has 3 rings (SSSR count). The molecule has 1 N–H and O–H groups in total. The predicted molar refractivity (Wildman–Crippen MR) is 70.2 cm³/mol. The lowest BCUT2D eigenvalue weighted by Crippen LogP contribution is -2.12. The summed E-state index contributed by atoms with van der Waals surface area (Å²) in [6, 6.07) is 1.86. The number of anilines is 1. The van der Waals surface area contributed by atoms with E-state index in [0.29, 0.717) is 11.7 Å². The van der Waals surface area contributed by atoms with E-state index in [9.17, 15) is 4.79 Å². The summed E-state index contributed by atoms with van der Waals surface area (Å²) in [5.74, 6) is 1.49. The second-order valence-electron chi connectivity index (χ2n) is 4.66. The molecule has 1 aliphatic carbocycles. The van der Waals surface area contributed by atoms with Crippen molar-refractivity contribution in [2.24, 2.45) is 0 Å². The van der Waals surface area contributed by atoms with Gasteiger partial charge in [0.05, 0.1) is 11.2 Å². The fraction of sp³-hybridized carbons (Fsp3) is 0.385. The Morgan fingerprint density at radius 3 is 2.89 bits per heavy atom. The number of hydrogen-bond acceptors (Lipinski definition) is 4. The molecule has 4 nitrogen and oxygen atoms in total. The lowest BCUT2D eigenvalue weighted by atomic mass is 10.2. The van der Waals surface area contributed by atoms with Crippen LogP contribution in [0.4, 0.5) is 5.00 Å². The number of carbonyl (C=O) groups is 1. The monoisotopic (exact) mass is 262 g/mol. The maximum atomic E-state index is 12.1. The third-order valence-corrected chi connectivity index (χ3v) is 3.79. The number of hydrogen-bond donors (Lipinski definition) is 1. The molecule has 1 saturated carbocycles. The number of carbonyl (C=O) groups excluding carboxylic acids is 1. The summed E-state index contributed by atoms with van der Waals surface area (Å²) < 4.78 is 5.41. The van der Waals surface area contributed by atoms with Crippen LogP contribution in [0.3, 0.4) is 0 Å². The first-order chi connectivity index (χ1) is 8.65. The minimum Gasteiger partial charge on any atom is -0.456 e. The van der Waals surface area contributed by atoms with Crippen LogP contribution in [-0.2, 0) is 0 Å². The second kappa shape index (κ2) is 4.24. The van der Waals surface area contributed by atoms with E-state index in [-0.39, 0.29) is 5.91 Å². The molecule has 0 radical (unpaired) electrons. The summed E-state index contributed by atoms with van der Waals surface area (Å²) in [6.07, 6.45) is 2.34. The van der Waals surface area contributed by atoms with Crippen molar-refractivity contribution in [3.05, 3.63) is 34.4 Å². The molecule has 18 heavy (non-hydrogen) atoms. The molecule has 1 amide bonds. The summed E-state index contributed by atoms with van der Waals surface area (Å²) >= 11 is 1.47. The quantitative estimate of drug-likeness (QED) is 0.921. The summed E-state index contributed by atoms with van der Waals surface area (Å²) in [4.78, 5) is 16.4. The van der Waals surface area contributed by atoms with Crippen molar-refractivity contribution in [2.45, 2.75) is 32.6 Å². The van der Waals surface area contributed by atoms with Gasteiger partial charge in [0.2, 0.25) is 0 Å². The Balaban J connectivity index is 1.81. The van der Waals surface area contributed by atoms with Gasteiger partial charge in [-0.2, -0.15) is 0 Å². The molecule has 2 aromatic heterocycles. The van der Waals surface area contributed by atoms with E-state index in [1.165, 1.54) is 24.2 Å². The molecule has 2 aromatic rings. The molecule has 0 aliphatic heterocycles. The molecule has 5 heteroatoms. The van der Waals surface area contributed by atoms with E-state index in [0.717, 1.165) is 22.0 Å². The topological polar surface area (TPSA) is 55.1 Å². The molecular formula is C13H14N2O2S. The standard InChI is InChI=1S/C13H14N2O2S/c1-7-5-8(2)17-11(7)12(16)15-13-10(9-3-4-9)14-6-18-13/h5-6,9H,3-4H2,1-2H3,(H,15,16). The first kappa shape index (κ1) is 11.5. The van der Waals surface area contributed by atoms with E-state index in [4.69, 9.17) is 4.42 Å². The van der Waals surface area contributed by atoms with E-state index < -0.39 is 0 Å². The highest BCUT2D eigenvalue weighted by atomic mass is 32.1. The number of nitrogens with zero attached hydrogens (tertiary/aromatic N) is 1. The Morgan fingerprint density at radius 1 is 1.50 bits per heavy atom. The highest BCUT2D eigenvalue weighted by Gasteiger charge is 2.29. The molecule has 0 spiro atoms. The SMILES string of the molecule is Cc1cc(C)c(C(=O)Nc2scnc2C2CC2)o1. The lowest BCUT2D eigenvalue weighted by Gasteiger charge is -2.03. The largest absolute Gasteiger partial charge is 0.456 e. The summed E-state index contributed by atoms with van der Waals surface area (Å²) in [7, 11) is 0. The van der Waals surface area contributed by atoms with E-state index in [1.807, 2.05) is 19.9 Å². The van der Waals surface area contributed by atoms with Crippen LogP contribution in [-0.4, -0.2) is 10.9 Å². The Labute approximate surface area is 109 Å². The normalized spacial score (nSPS) is 14.8. The number of nitrogens with one attached hydrogen (secondary N) is 1. The first-order valence-electron chi connectivity index (χ1n) is 5.97. The average Bonchev–Trinajstić information content (AvgIpc) is 2.97. The van der Waals surface area contributed by atoms with Gasteiger partial charge in [0.25, 0.3) is 5.91 Å². The zero-order valence-corrected chi connectivity index (χ0v) is 11.1. The number of furan rings is 1. The average molecular weight is 262 g/mol. The number of aromatic nitrogens is 1. The van der Waals surface area contributed by atoms with Crippen molar-refractivity contribution in [1.29, 1.82) is 0 Å². The van der Waals surface area contributed by atoms with Crippen LogP contribution in [0.25, 0.3) is 0 Å². The fourth-order valence-electron chi connectivity index (χ4n) is 2.02. The van der Waals surface area contributed by atoms with Gasteiger partial charge in [0.1, 0.15) is 10.8 Å². The molecule has 1 aliphatic rings. The summed E-state index contributed by atoms with van der Waals surface area (Å²) in [5, 5.41) is 3.76. The van der Waals surface area contributed by atoms with Gasteiger partial charge < -0.3 is 9.73 Å². The number of amides is 1. The van der Waals surface area contributed by atoms with Gasteiger partial charge in [0.15, 0.2) is 5.76 Å². The van der Waals surface area contributed by atoms with Crippen LogP contribution < -0.4 is 5.32 Å². The van der Waals surface area contributed by atoms with Gasteiger partial charge in [-0.05, 0) is 32.8 Å². The maximum absolute atomic E-state index is 12.1. The third-order valence-electron chi connectivity index (χ3n) is 3.03. The molecule has 0 unspecified atom stereocenters. The Kier molecular flexibility index (Phi) is 2.70. The van der Waals surface area contributed by atoms with E-state index >= 15 is 0 Å². The van der Waals surface area contributed by atoms with Crippen molar-refractivity contribution in [3.8, 4) is 0 Å². The van der Waals surface area contributed by atoms with Crippen molar-refractivity contribution >= 4 is 22.2 Å². The first-order valence-corrected chi connectivity index (χ1v) is 6.85. The number of rotatable bonds is 3. The molecule has 2 heterocycles. The molecule has 0 saturated heterocycles. The van der Waals surface area contributed by atoms with Gasteiger partial charge in [-0.15, -0.1) is 11.3 Å². The van der Waals surface area contributed by atoms with E-state index in [2.05, 4.69) is 10.3 Å². The van der Waals surface area contributed by atoms with E-state index in [1.54, 1.807) is 5.51 Å². The smallest absolute Gasteiger partial charge is 0.292 e. The summed E-state index contributed by atoms with van der Waals surface area (Å²) in [6.45, 7) is 3.71. The van der Waals surface area contributed by atoms with Crippen LogP contribution in [0.15, 0.2) is 16.0 Å². The van der Waals surface area contributed by atoms with Gasteiger partial charge >= 0.3 is 0 Å². The Bertz CT molecular complexity index is 596. The van der Waals surface area contributed by atoms with Gasteiger partial charge in [-0.1, -0.05) is 0 Å². The molecule has 94 valence electrons. The highest BCUT2D eigenvalue weighted by molar-refractivity contribution is 7.14. The third kappa shape index (κ3) is 2.06. The van der Waals surface area contributed by atoms with Crippen molar-refractivity contribution in [3.63, 3.8) is 0 Å². The molecule has 0 aromatic carbocycles. The van der Waals surface area contributed by atoms with Crippen molar-refractivity contribution in [1.82, 2.24) is 4.98 Å². The van der Waals surface area contributed by atoms with Gasteiger partial charge in [-0.3, -0.25) is 4.79 Å². The van der Waals surface area contributed by atoms with Crippen LogP contribution in [0.1, 0.15) is 46.3 Å². The second-order valence-corrected chi connectivity index (χ2v) is 5.52. The molecule has 1 fully saturated rings. The minimum atomic E-state index is -0.188. The minimum absolute atomic E-state index is 0.188. The number of thiazole rings is 1. The maximum Gasteiger partial charge on any atom is 0.292 e. The van der Waals surface area contributed by atoms with Crippen molar-refractivity contribution < 1.29 is 9.21 Å². The van der Waals surface area contributed by atoms with Crippen LogP contribution in [0, 0.1) is 13.8 Å². The highest BCUT2D eigenvalue weighted by Crippen LogP contribution is 2.44. The molecule has 0 atom stereocenters. The van der Waals surface area contributed by atoms with Gasteiger partial charge in [-0.25, -0.2) is 4.98 Å². The number of aryl methyl sites for hydroxylation is 2. The van der Waals surface area contributed by atoms with Crippen LogP contribution >= 0.6 is 11.3 Å². The van der Waals surface area contributed by atoms with Gasteiger partial charge in [0, 0.05) is 11.5 Å². The Hall–Kier alpha value is -1.62. The fourth-order valence-corrected chi connectivity index (χ4v) is 2.79. The predicted octanol–water partition coefficient (Wildman–Crippen LogP) is 3.48. The van der Waals surface area contributed by atoms with Crippen LogP contribution in [0.5, 0.6) is 0 Å². The Morgan fingerprint density at radius 2 is 2.28 bits per heavy atom. The van der Waals surface area contributed by atoms with Crippen LogP contribution in [0.2, 0.25) is 0 Å². The zero-order chi connectivity index (χ0) is 12.7. The zero-order valence-electron chi connectivity index (χ0n) is 10.3. The molecular weight excluding hydrogens is 248 g/mol. The van der Waals surface area contributed by atoms with Crippen molar-refractivity contribution in [2.75, 3.05) is 5.32 Å².